The van der Waals surface area contributed by atoms with Gasteiger partial charge < -0.3 is 9.47 Å². The Bertz CT molecular complexity index is 320. The molecule has 1 atom stereocenters. The Kier molecular flexibility index (Phi) is 5.83. The molecule has 0 aliphatic heterocycles. The Morgan fingerprint density at radius 2 is 1.89 bits per heavy atom. The summed E-state index contributed by atoms with van der Waals surface area (Å²) in [4.78, 5) is 0. The summed E-state index contributed by atoms with van der Waals surface area (Å²) in [6.07, 6.45) is 10.8. The predicted molar refractivity (Wildman–Crippen MR) is 77.6 cm³/mol. The van der Waals surface area contributed by atoms with Gasteiger partial charge in [0.15, 0.2) is 0 Å². The van der Waals surface area contributed by atoms with Gasteiger partial charge in [0, 0.05) is 6.21 Å². The van der Waals surface area contributed by atoms with Crippen molar-refractivity contribution >= 4 is 12.1 Å². The third-order valence-electron chi connectivity index (χ3n) is 4.27. The molecule has 108 valence electrons. The van der Waals surface area contributed by atoms with Crippen LogP contribution >= 0.6 is 0 Å². The Morgan fingerprint density at radius 1 is 1.21 bits per heavy atom. The zero-order chi connectivity index (χ0) is 13.5. The number of ether oxygens (including phenoxy) is 2. The smallest absolute Gasteiger partial charge is 0.237 e. The second-order valence-corrected chi connectivity index (χ2v) is 5.75. The SMILES string of the molecule is CO/C(=N\N=C\CC1CCC1)[C@@H](C)OCC1CCC1. The van der Waals surface area contributed by atoms with E-state index in [0.29, 0.717) is 5.90 Å². The molecule has 0 bridgehead atoms. The maximum Gasteiger partial charge on any atom is 0.237 e. The quantitative estimate of drug-likeness (QED) is 0.402. The van der Waals surface area contributed by atoms with E-state index in [4.69, 9.17) is 9.47 Å². The predicted octanol–water partition coefficient (Wildman–Crippen LogP) is 3.41. The van der Waals surface area contributed by atoms with Crippen molar-refractivity contribution in [3.05, 3.63) is 0 Å². The fourth-order valence-electron chi connectivity index (χ4n) is 2.32. The Balaban J connectivity index is 1.69. The number of methoxy groups -OCH3 is 1. The van der Waals surface area contributed by atoms with E-state index < -0.39 is 0 Å². The van der Waals surface area contributed by atoms with Crippen molar-refractivity contribution in [1.29, 1.82) is 0 Å². The highest BCUT2D eigenvalue weighted by atomic mass is 16.5. The average Bonchev–Trinajstić information content (AvgIpc) is 2.29. The van der Waals surface area contributed by atoms with E-state index in [-0.39, 0.29) is 6.10 Å². The zero-order valence-electron chi connectivity index (χ0n) is 12.2. The summed E-state index contributed by atoms with van der Waals surface area (Å²) < 4.78 is 11.0. The van der Waals surface area contributed by atoms with E-state index in [2.05, 4.69) is 10.2 Å². The highest BCUT2D eigenvalue weighted by Gasteiger charge is 2.20. The van der Waals surface area contributed by atoms with Gasteiger partial charge in [0.25, 0.3) is 0 Å². The molecule has 0 N–H and O–H groups in total. The molecule has 0 unspecified atom stereocenters. The number of hydrogen-bond acceptors (Lipinski definition) is 4. The Hall–Kier alpha value is -0.900. The highest BCUT2D eigenvalue weighted by Crippen LogP contribution is 2.28. The first-order valence-electron chi connectivity index (χ1n) is 7.54. The fourth-order valence-corrected chi connectivity index (χ4v) is 2.32. The summed E-state index contributed by atoms with van der Waals surface area (Å²) >= 11 is 0. The lowest BCUT2D eigenvalue weighted by molar-refractivity contribution is 0.0424. The summed E-state index contributed by atoms with van der Waals surface area (Å²) in [6, 6.07) is 0. The van der Waals surface area contributed by atoms with Crippen molar-refractivity contribution < 1.29 is 9.47 Å². The number of hydrogen-bond donors (Lipinski definition) is 0. The molecule has 0 aromatic heterocycles. The molecule has 2 fully saturated rings. The summed E-state index contributed by atoms with van der Waals surface area (Å²) in [5, 5.41) is 8.24. The summed E-state index contributed by atoms with van der Waals surface area (Å²) in [5.41, 5.74) is 0. The molecule has 0 heterocycles. The van der Waals surface area contributed by atoms with E-state index in [0.717, 1.165) is 24.9 Å². The first-order valence-corrected chi connectivity index (χ1v) is 7.54. The van der Waals surface area contributed by atoms with Crippen LogP contribution in [0.2, 0.25) is 0 Å². The molecule has 0 aromatic carbocycles. The first-order chi connectivity index (χ1) is 9.29. The molecule has 2 rings (SSSR count). The van der Waals surface area contributed by atoms with Gasteiger partial charge in [-0.25, -0.2) is 0 Å². The van der Waals surface area contributed by atoms with Gasteiger partial charge >= 0.3 is 0 Å². The van der Waals surface area contributed by atoms with E-state index in [1.807, 2.05) is 13.1 Å². The maximum atomic E-state index is 5.78. The van der Waals surface area contributed by atoms with Crippen LogP contribution in [0.25, 0.3) is 0 Å². The van der Waals surface area contributed by atoms with Crippen molar-refractivity contribution in [2.75, 3.05) is 13.7 Å². The van der Waals surface area contributed by atoms with Crippen LogP contribution < -0.4 is 0 Å². The molecule has 2 saturated carbocycles. The van der Waals surface area contributed by atoms with Gasteiger partial charge in [-0.05, 0) is 38.0 Å². The van der Waals surface area contributed by atoms with E-state index in [1.165, 1.54) is 38.5 Å². The zero-order valence-corrected chi connectivity index (χ0v) is 12.2. The third kappa shape index (κ3) is 4.60. The van der Waals surface area contributed by atoms with E-state index >= 15 is 0 Å². The second kappa shape index (κ2) is 7.63. The molecule has 0 radical (unpaired) electrons. The Morgan fingerprint density at radius 3 is 2.42 bits per heavy atom. The van der Waals surface area contributed by atoms with Crippen molar-refractivity contribution in [3.63, 3.8) is 0 Å². The summed E-state index contributed by atoms with van der Waals surface area (Å²) in [7, 11) is 1.63. The molecule has 0 aromatic rings. The lowest BCUT2D eigenvalue weighted by Gasteiger charge is -2.26. The van der Waals surface area contributed by atoms with Crippen LogP contribution in [0.5, 0.6) is 0 Å². The standard InChI is InChI=1S/C15H26N2O2/c1-12(19-11-14-7-4-8-14)15(18-2)17-16-10-9-13-5-3-6-13/h10,12-14H,3-9,11H2,1-2H3/b16-10+,17-15-/t12-/m1/s1. The van der Waals surface area contributed by atoms with Gasteiger partial charge in [0.05, 0.1) is 13.7 Å². The first kappa shape index (κ1) is 14.5. The van der Waals surface area contributed by atoms with Crippen LogP contribution in [0, 0.1) is 11.8 Å². The summed E-state index contributed by atoms with van der Waals surface area (Å²) in [6.45, 7) is 2.79. The molecular formula is C15H26N2O2. The van der Waals surface area contributed by atoms with Gasteiger partial charge in [-0.3, -0.25) is 0 Å². The molecule has 0 saturated heterocycles. The largest absolute Gasteiger partial charge is 0.481 e. The van der Waals surface area contributed by atoms with Crippen LogP contribution in [-0.4, -0.2) is 31.9 Å². The maximum absolute atomic E-state index is 5.78. The van der Waals surface area contributed by atoms with Gasteiger partial charge in [-0.1, -0.05) is 25.7 Å². The fraction of sp³-hybridized carbons (Fsp3) is 0.867. The summed E-state index contributed by atoms with van der Waals surface area (Å²) in [5.74, 6) is 2.14. The molecule has 4 heteroatoms. The van der Waals surface area contributed by atoms with Crippen LogP contribution in [0.4, 0.5) is 0 Å². The monoisotopic (exact) mass is 266 g/mol. The minimum absolute atomic E-state index is 0.105. The normalized spacial score (nSPS) is 23.2. The van der Waals surface area contributed by atoms with E-state index in [1.54, 1.807) is 7.11 Å². The van der Waals surface area contributed by atoms with Crippen LogP contribution in [0.3, 0.4) is 0 Å². The highest BCUT2D eigenvalue weighted by molar-refractivity contribution is 5.80. The third-order valence-corrected chi connectivity index (χ3v) is 4.27. The van der Waals surface area contributed by atoms with Crippen molar-refractivity contribution in [1.82, 2.24) is 0 Å². The van der Waals surface area contributed by atoms with Gasteiger partial charge in [-0.15, -0.1) is 5.10 Å². The molecule has 4 nitrogen and oxygen atoms in total. The lowest BCUT2D eigenvalue weighted by Crippen LogP contribution is -2.27. The topological polar surface area (TPSA) is 43.2 Å². The Labute approximate surface area is 116 Å². The van der Waals surface area contributed by atoms with Crippen LogP contribution in [0.1, 0.15) is 51.9 Å². The molecule has 0 amide bonds. The molecular weight excluding hydrogens is 240 g/mol. The van der Waals surface area contributed by atoms with E-state index in [9.17, 15) is 0 Å². The molecule has 2 aliphatic carbocycles. The number of rotatable bonds is 7. The minimum atomic E-state index is -0.105. The number of nitrogens with zero attached hydrogens (tertiary/aromatic N) is 2. The van der Waals surface area contributed by atoms with Gasteiger partial charge in [0.2, 0.25) is 5.90 Å². The molecule has 19 heavy (non-hydrogen) atoms. The molecule has 2 aliphatic rings. The van der Waals surface area contributed by atoms with Crippen molar-refractivity contribution in [2.24, 2.45) is 22.0 Å². The lowest BCUT2D eigenvalue weighted by atomic mass is 9.83. The average molecular weight is 266 g/mol. The van der Waals surface area contributed by atoms with Crippen LogP contribution in [-0.2, 0) is 9.47 Å². The molecule has 0 spiro atoms. The van der Waals surface area contributed by atoms with Crippen molar-refractivity contribution in [2.45, 2.75) is 58.0 Å². The minimum Gasteiger partial charge on any atom is -0.481 e. The van der Waals surface area contributed by atoms with Crippen LogP contribution in [0.15, 0.2) is 10.2 Å². The van der Waals surface area contributed by atoms with Crippen molar-refractivity contribution in [3.8, 4) is 0 Å². The second-order valence-electron chi connectivity index (χ2n) is 5.75. The van der Waals surface area contributed by atoms with Gasteiger partial charge in [0.1, 0.15) is 6.10 Å². The van der Waals surface area contributed by atoms with Gasteiger partial charge in [-0.2, -0.15) is 5.10 Å².